The lowest BCUT2D eigenvalue weighted by Gasteiger charge is -2.39. The predicted octanol–water partition coefficient (Wildman–Crippen LogP) is 2.64. The number of ether oxygens (including phenoxy) is 1. The van der Waals surface area contributed by atoms with Gasteiger partial charge in [0.15, 0.2) is 0 Å². The lowest BCUT2D eigenvalue weighted by molar-refractivity contribution is 0.0175. The van der Waals surface area contributed by atoms with Crippen molar-refractivity contribution in [2.75, 3.05) is 13.1 Å². The van der Waals surface area contributed by atoms with Crippen molar-refractivity contribution in [2.24, 2.45) is 0 Å². The molecule has 0 aliphatic carbocycles. The smallest absolute Gasteiger partial charge is 0.339 e. The normalized spacial score (nSPS) is 14.5. The standard InChI is InChI=1S/C16H13ClFNO4/c1-9-4-11(6-15(20)22-9)23-12-7-19(8-12)16(21)13-3-2-10(18)5-14(13)17/h2-6,12H,7-8H2,1H3. The van der Waals surface area contributed by atoms with Crippen molar-refractivity contribution in [3.63, 3.8) is 0 Å². The van der Waals surface area contributed by atoms with Crippen LogP contribution in [0.25, 0.3) is 0 Å². The summed E-state index contributed by atoms with van der Waals surface area (Å²) < 4.78 is 23.5. The van der Waals surface area contributed by atoms with Gasteiger partial charge in [0, 0.05) is 6.07 Å². The first-order valence-electron chi connectivity index (χ1n) is 6.95. The van der Waals surface area contributed by atoms with Crippen LogP contribution in [0.2, 0.25) is 5.02 Å². The summed E-state index contributed by atoms with van der Waals surface area (Å²) in [6.45, 7) is 2.39. The molecule has 23 heavy (non-hydrogen) atoms. The van der Waals surface area contributed by atoms with E-state index in [2.05, 4.69) is 0 Å². The molecule has 2 aromatic rings. The van der Waals surface area contributed by atoms with E-state index in [4.69, 9.17) is 20.8 Å². The number of amides is 1. The summed E-state index contributed by atoms with van der Waals surface area (Å²) in [6, 6.07) is 6.53. The number of likely N-dealkylation sites (tertiary alicyclic amines) is 1. The molecular formula is C16H13ClFNO4. The van der Waals surface area contributed by atoms with E-state index >= 15 is 0 Å². The van der Waals surface area contributed by atoms with Crippen molar-refractivity contribution in [3.8, 4) is 5.75 Å². The minimum absolute atomic E-state index is 0.0793. The maximum atomic E-state index is 13.0. The average molecular weight is 338 g/mol. The van der Waals surface area contributed by atoms with Crippen molar-refractivity contribution in [1.29, 1.82) is 0 Å². The van der Waals surface area contributed by atoms with Crippen LogP contribution in [0, 0.1) is 12.7 Å². The van der Waals surface area contributed by atoms with Gasteiger partial charge in [-0.05, 0) is 25.1 Å². The van der Waals surface area contributed by atoms with Gasteiger partial charge < -0.3 is 14.1 Å². The van der Waals surface area contributed by atoms with Crippen molar-refractivity contribution in [2.45, 2.75) is 13.0 Å². The molecule has 1 saturated heterocycles. The SMILES string of the molecule is Cc1cc(OC2CN(C(=O)c3ccc(F)cc3Cl)C2)cc(=O)o1. The molecule has 0 N–H and O–H groups in total. The van der Waals surface area contributed by atoms with Crippen LogP contribution in [-0.2, 0) is 0 Å². The number of carbonyl (C=O) groups is 1. The third kappa shape index (κ3) is 3.37. The molecule has 7 heteroatoms. The number of benzene rings is 1. The number of aryl methyl sites for hydroxylation is 1. The molecule has 0 unspecified atom stereocenters. The number of rotatable bonds is 3. The van der Waals surface area contributed by atoms with E-state index in [1.165, 1.54) is 18.2 Å². The molecule has 1 amide bonds. The van der Waals surface area contributed by atoms with E-state index in [1.807, 2.05) is 0 Å². The maximum Gasteiger partial charge on any atom is 0.339 e. The second-order valence-electron chi connectivity index (χ2n) is 5.30. The molecule has 1 aliphatic heterocycles. The van der Waals surface area contributed by atoms with E-state index < -0.39 is 11.4 Å². The summed E-state index contributed by atoms with van der Waals surface area (Å²) in [5.41, 5.74) is -0.229. The Morgan fingerprint density at radius 1 is 1.35 bits per heavy atom. The van der Waals surface area contributed by atoms with Crippen molar-refractivity contribution in [3.05, 3.63) is 62.9 Å². The second kappa shape index (κ2) is 6.04. The van der Waals surface area contributed by atoms with Crippen LogP contribution in [0.3, 0.4) is 0 Å². The van der Waals surface area contributed by atoms with E-state index in [9.17, 15) is 14.0 Å². The van der Waals surface area contributed by atoms with Gasteiger partial charge in [-0.15, -0.1) is 0 Å². The number of hydrogen-bond donors (Lipinski definition) is 0. The lowest BCUT2D eigenvalue weighted by Crippen LogP contribution is -2.56. The van der Waals surface area contributed by atoms with Gasteiger partial charge in [-0.2, -0.15) is 0 Å². The van der Waals surface area contributed by atoms with Crippen molar-refractivity contribution >= 4 is 17.5 Å². The van der Waals surface area contributed by atoms with Crippen LogP contribution in [0.4, 0.5) is 4.39 Å². The quantitative estimate of drug-likeness (QED) is 0.864. The second-order valence-corrected chi connectivity index (χ2v) is 5.70. The third-order valence-electron chi connectivity index (χ3n) is 3.47. The highest BCUT2D eigenvalue weighted by molar-refractivity contribution is 6.33. The van der Waals surface area contributed by atoms with Crippen LogP contribution < -0.4 is 10.4 Å². The van der Waals surface area contributed by atoms with Gasteiger partial charge in [-0.3, -0.25) is 4.79 Å². The molecule has 1 aromatic carbocycles. The number of hydrogen-bond acceptors (Lipinski definition) is 4. The third-order valence-corrected chi connectivity index (χ3v) is 3.78. The van der Waals surface area contributed by atoms with Gasteiger partial charge in [0.1, 0.15) is 23.4 Å². The zero-order valence-electron chi connectivity index (χ0n) is 12.2. The van der Waals surface area contributed by atoms with Crippen molar-refractivity contribution in [1.82, 2.24) is 4.90 Å². The molecule has 1 aliphatic rings. The van der Waals surface area contributed by atoms with E-state index in [-0.39, 0.29) is 22.6 Å². The largest absolute Gasteiger partial charge is 0.486 e. The van der Waals surface area contributed by atoms with Gasteiger partial charge in [-0.1, -0.05) is 11.6 Å². The Labute approximate surface area is 136 Å². The zero-order valence-corrected chi connectivity index (χ0v) is 13.0. The molecule has 2 heterocycles. The monoisotopic (exact) mass is 337 g/mol. The predicted molar refractivity (Wildman–Crippen MR) is 81.4 cm³/mol. The first kappa shape index (κ1) is 15.6. The Kier molecular flexibility index (Phi) is 4.09. The van der Waals surface area contributed by atoms with Gasteiger partial charge >= 0.3 is 5.63 Å². The Morgan fingerprint density at radius 3 is 2.74 bits per heavy atom. The molecular weight excluding hydrogens is 325 g/mol. The summed E-state index contributed by atoms with van der Waals surface area (Å²) >= 11 is 5.89. The highest BCUT2D eigenvalue weighted by atomic mass is 35.5. The average Bonchev–Trinajstić information content (AvgIpc) is 2.40. The van der Waals surface area contributed by atoms with E-state index in [0.29, 0.717) is 24.6 Å². The summed E-state index contributed by atoms with van der Waals surface area (Å²) in [5.74, 6) is 0.0989. The first-order chi connectivity index (χ1) is 10.9. The van der Waals surface area contributed by atoms with E-state index in [0.717, 1.165) is 6.07 Å². The Bertz CT molecular complexity index is 814. The molecule has 120 valence electrons. The van der Waals surface area contributed by atoms with E-state index in [1.54, 1.807) is 17.9 Å². The van der Waals surface area contributed by atoms with Crippen LogP contribution in [0.1, 0.15) is 16.1 Å². The number of nitrogens with zero attached hydrogens (tertiary/aromatic N) is 1. The minimum atomic E-state index is -0.491. The summed E-state index contributed by atoms with van der Waals surface area (Å²) in [4.78, 5) is 25.1. The molecule has 0 spiro atoms. The van der Waals surface area contributed by atoms with Crippen molar-refractivity contribution < 1.29 is 18.3 Å². The van der Waals surface area contributed by atoms with Gasteiger partial charge in [0.25, 0.3) is 5.91 Å². The van der Waals surface area contributed by atoms with Gasteiger partial charge in [0.05, 0.1) is 29.7 Å². The fourth-order valence-electron chi connectivity index (χ4n) is 2.35. The highest BCUT2D eigenvalue weighted by Gasteiger charge is 2.33. The minimum Gasteiger partial charge on any atom is -0.486 e. The summed E-state index contributed by atoms with van der Waals surface area (Å²) in [7, 11) is 0. The van der Waals surface area contributed by atoms with Crippen LogP contribution in [0.15, 0.2) is 39.5 Å². The molecule has 0 bridgehead atoms. The molecule has 0 atom stereocenters. The number of carbonyl (C=O) groups excluding carboxylic acids is 1. The molecule has 1 fully saturated rings. The summed E-state index contributed by atoms with van der Waals surface area (Å²) in [6.07, 6.45) is -0.209. The fraction of sp³-hybridized carbons (Fsp3) is 0.250. The zero-order chi connectivity index (χ0) is 16.6. The molecule has 0 radical (unpaired) electrons. The van der Waals surface area contributed by atoms with Gasteiger partial charge in [0.2, 0.25) is 0 Å². The number of halogens is 2. The fourth-order valence-corrected chi connectivity index (χ4v) is 2.60. The summed E-state index contributed by atoms with van der Waals surface area (Å²) in [5, 5.41) is 0.0793. The lowest BCUT2D eigenvalue weighted by atomic mass is 10.1. The van der Waals surface area contributed by atoms with Crippen LogP contribution >= 0.6 is 11.6 Å². The molecule has 1 aromatic heterocycles. The maximum absolute atomic E-state index is 13.0. The molecule has 5 nitrogen and oxygen atoms in total. The Balaban J connectivity index is 1.62. The molecule has 3 rings (SSSR count). The molecule has 0 saturated carbocycles. The van der Waals surface area contributed by atoms with Gasteiger partial charge in [-0.25, -0.2) is 9.18 Å². The van der Waals surface area contributed by atoms with Crippen LogP contribution in [0.5, 0.6) is 5.75 Å². The van der Waals surface area contributed by atoms with Crippen LogP contribution in [-0.4, -0.2) is 30.0 Å². The Morgan fingerprint density at radius 2 is 2.09 bits per heavy atom. The topological polar surface area (TPSA) is 59.8 Å². The first-order valence-corrected chi connectivity index (χ1v) is 7.33. The Hall–Kier alpha value is -2.34. The highest BCUT2D eigenvalue weighted by Crippen LogP contribution is 2.23.